The molecule has 0 aliphatic carbocycles. The van der Waals surface area contributed by atoms with Gasteiger partial charge < -0.3 is 32.5 Å². The van der Waals surface area contributed by atoms with Gasteiger partial charge in [0.05, 0.1) is 0 Å². The molecule has 19 heteroatoms. The third kappa shape index (κ3) is 6.23. The summed E-state index contributed by atoms with van der Waals surface area (Å²) in [4.78, 5) is 35.4. The molecule has 214 valence electrons. The van der Waals surface area contributed by atoms with Gasteiger partial charge in [-0.2, -0.15) is 0 Å². The molecule has 4 rings (SSSR count). The normalized spacial score (nSPS) is 19.2. The van der Waals surface area contributed by atoms with Crippen molar-refractivity contribution < 1.29 is 35.5 Å². The van der Waals surface area contributed by atoms with E-state index in [0.29, 0.717) is 10.0 Å². The summed E-state index contributed by atoms with van der Waals surface area (Å²) in [6, 6.07) is 0. The zero-order valence-corrected chi connectivity index (χ0v) is 25.1. The van der Waals surface area contributed by atoms with E-state index >= 15 is 0 Å². The summed E-state index contributed by atoms with van der Waals surface area (Å²) in [6.45, 7) is 14.2. The molecule has 0 bridgehead atoms. The van der Waals surface area contributed by atoms with Gasteiger partial charge in [0.25, 0.3) is 21.1 Å². The predicted molar refractivity (Wildman–Crippen MR) is 143 cm³/mol. The van der Waals surface area contributed by atoms with Gasteiger partial charge >= 0.3 is 11.7 Å². The Balaban J connectivity index is 0.000000604. The maximum Gasteiger partial charge on any atom is 0.534 e. The van der Waals surface area contributed by atoms with Crippen molar-refractivity contribution in [1.82, 2.24) is 9.97 Å². The van der Waals surface area contributed by atoms with Crippen LogP contribution in [0.4, 0.5) is 0 Å². The Morgan fingerprint density at radius 2 is 0.923 bits per heavy atom. The second-order valence-corrected chi connectivity index (χ2v) is 11.7. The number of hydroxylamine groups is 2. The zero-order valence-electron chi connectivity index (χ0n) is 22.4. The Morgan fingerprint density at radius 1 is 0.667 bits per heavy atom. The van der Waals surface area contributed by atoms with Gasteiger partial charge in [-0.25, -0.2) is 9.97 Å². The molecular formula is C20H28N12NiO4S2. The summed E-state index contributed by atoms with van der Waals surface area (Å²) in [5.41, 5.74) is 23.9. The van der Waals surface area contributed by atoms with Crippen LogP contribution in [-0.2, 0) is 16.5 Å². The van der Waals surface area contributed by atoms with E-state index in [2.05, 4.69) is 9.97 Å². The fourth-order valence-corrected chi connectivity index (χ4v) is 4.52. The molecule has 2 aliphatic rings. The number of amidine groups is 2. The van der Waals surface area contributed by atoms with Gasteiger partial charge in [-0.15, -0.1) is 32.2 Å². The van der Waals surface area contributed by atoms with E-state index < -0.39 is 22.2 Å². The summed E-state index contributed by atoms with van der Waals surface area (Å²) in [5, 5.41) is 28.8. The van der Waals surface area contributed by atoms with Crippen LogP contribution in [0.15, 0.2) is 23.2 Å². The molecule has 0 fully saturated rings. The molecule has 0 unspecified atom stereocenters. The van der Waals surface area contributed by atoms with Gasteiger partial charge in [-0.3, -0.25) is 9.82 Å². The SMILES string of the molecule is CC1(C)[N+](=O)C(c2nccs2)=[N+]([O-])C1(C)C.CC1(C)[N+](=O)C(c2nccs2)=[N+]([O-])C1(C)C.[N-]=[N+]=[N-].[N-]=[N+]=[N-].[Ni]. The number of hydrogen-bond donors (Lipinski definition) is 0. The molecular weight excluding hydrogens is 595 g/mol. The Kier molecular flexibility index (Phi) is 11.9. The average Bonchev–Trinajstić information content (AvgIpc) is 3.58. The molecule has 2 aromatic rings. The first-order valence-electron chi connectivity index (χ1n) is 10.8. The molecule has 0 spiro atoms. The van der Waals surface area contributed by atoms with Crippen LogP contribution in [0, 0.1) is 20.2 Å². The molecule has 0 saturated carbocycles. The second-order valence-electron chi connectivity index (χ2n) is 9.91. The molecule has 16 nitrogen and oxygen atoms in total. The third-order valence-electron chi connectivity index (χ3n) is 7.04. The van der Waals surface area contributed by atoms with E-state index in [0.717, 1.165) is 19.0 Å². The predicted octanol–water partition coefficient (Wildman–Crippen LogP) is 5.23. The van der Waals surface area contributed by atoms with Crippen molar-refractivity contribution in [2.24, 2.45) is 0 Å². The fraction of sp³-hybridized carbons (Fsp3) is 0.600. The first-order valence-corrected chi connectivity index (χ1v) is 12.6. The summed E-state index contributed by atoms with van der Waals surface area (Å²) >= 11 is 2.60. The molecule has 39 heavy (non-hydrogen) atoms. The summed E-state index contributed by atoms with van der Waals surface area (Å²) in [6.07, 6.45) is 3.18. The van der Waals surface area contributed by atoms with Crippen LogP contribution in [0.2, 0.25) is 0 Å². The van der Waals surface area contributed by atoms with Gasteiger partial charge in [0.15, 0.2) is 0 Å². The quantitative estimate of drug-likeness (QED) is 0.108. The van der Waals surface area contributed by atoms with E-state index in [1.54, 1.807) is 78.5 Å². The van der Waals surface area contributed by atoms with Crippen LogP contribution in [0.3, 0.4) is 0 Å². The Labute approximate surface area is 242 Å². The number of nitrogens with zero attached hydrogens (tertiary/aromatic N) is 12. The molecule has 0 N–H and O–H groups in total. The van der Waals surface area contributed by atoms with Gasteiger partial charge in [0.2, 0.25) is 11.1 Å². The van der Waals surface area contributed by atoms with Crippen LogP contribution in [0.1, 0.15) is 65.4 Å². The molecule has 0 amide bonds. The standard InChI is InChI=1S/2C10H14N3O2S.2N3.Ni/c2*1-9(2)10(3,4)13(15)8(12(9)14)7-11-5-6-16-7;2*1-3-2;/h2*5-6H,1-4H3;;;/q2*+1;2*-1;. The van der Waals surface area contributed by atoms with Crippen molar-refractivity contribution in [3.8, 4) is 0 Å². The first kappa shape index (κ1) is 35.5. The maximum atomic E-state index is 12.2. The largest absolute Gasteiger partial charge is 0.618 e. The minimum absolute atomic E-state index is 0. The van der Waals surface area contributed by atoms with Gasteiger partial charge in [0.1, 0.15) is 9.52 Å². The molecule has 2 aliphatic heterocycles. The number of hydrogen-bond acceptors (Lipinski definition) is 8. The van der Waals surface area contributed by atoms with Crippen molar-refractivity contribution >= 4 is 34.3 Å². The minimum Gasteiger partial charge on any atom is -0.618 e. The monoisotopic (exact) mass is 622 g/mol. The van der Waals surface area contributed by atoms with E-state index in [1.165, 1.54) is 32.5 Å². The van der Waals surface area contributed by atoms with Crippen LogP contribution < -0.4 is 0 Å². The van der Waals surface area contributed by atoms with Gasteiger partial charge in [0, 0.05) is 105 Å². The molecule has 4 heterocycles. The van der Waals surface area contributed by atoms with Crippen molar-refractivity contribution in [1.29, 1.82) is 0 Å². The van der Waals surface area contributed by atoms with Crippen LogP contribution in [0.25, 0.3) is 31.9 Å². The second kappa shape index (κ2) is 13.0. The average molecular weight is 623 g/mol. The summed E-state index contributed by atoms with van der Waals surface area (Å²) in [5.74, 6) is 0.231. The van der Waals surface area contributed by atoms with Gasteiger partial charge in [-0.1, -0.05) is 0 Å². The molecule has 0 atom stereocenters. The van der Waals surface area contributed by atoms with E-state index in [4.69, 9.17) is 22.1 Å². The zero-order chi connectivity index (χ0) is 29.7. The molecule has 0 radical (unpaired) electrons. The van der Waals surface area contributed by atoms with Crippen LogP contribution in [-0.4, -0.2) is 62.8 Å². The first-order chi connectivity index (χ1) is 17.4. The van der Waals surface area contributed by atoms with E-state index in [9.17, 15) is 20.2 Å². The number of rotatable bonds is 2. The van der Waals surface area contributed by atoms with Crippen LogP contribution >= 0.6 is 22.7 Å². The van der Waals surface area contributed by atoms with Gasteiger partial charge in [-0.05, 0) is 0 Å². The number of aromatic nitrogens is 2. The Bertz CT molecular complexity index is 1220. The fourth-order valence-electron chi connectivity index (χ4n) is 3.23. The third-order valence-corrected chi connectivity index (χ3v) is 8.58. The Morgan fingerprint density at radius 3 is 1.08 bits per heavy atom. The van der Waals surface area contributed by atoms with Crippen molar-refractivity contribution in [3.63, 3.8) is 0 Å². The minimum atomic E-state index is -0.768. The maximum absolute atomic E-state index is 12.2. The number of thiazole rings is 2. The van der Waals surface area contributed by atoms with Crippen molar-refractivity contribution in [2.45, 2.75) is 77.5 Å². The number of nitroso groups, excluding NO2 is 2. The smallest absolute Gasteiger partial charge is 0.534 e. The van der Waals surface area contributed by atoms with Crippen molar-refractivity contribution in [2.75, 3.05) is 0 Å². The van der Waals surface area contributed by atoms with E-state index in [-0.39, 0.29) is 28.2 Å². The van der Waals surface area contributed by atoms with Crippen molar-refractivity contribution in [3.05, 3.63) is 85.3 Å². The topological polar surface area (TPSA) is 235 Å². The Hall–Kier alpha value is -3.49. The van der Waals surface area contributed by atoms with Crippen LogP contribution in [0.5, 0.6) is 0 Å². The molecule has 2 aromatic heterocycles. The van der Waals surface area contributed by atoms with E-state index in [1.807, 2.05) is 0 Å². The molecule has 0 saturated heterocycles. The molecule has 0 aromatic carbocycles. The summed E-state index contributed by atoms with van der Waals surface area (Å²) in [7, 11) is 0. The summed E-state index contributed by atoms with van der Waals surface area (Å²) < 4.78 is 3.11.